The van der Waals surface area contributed by atoms with E-state index in [1.54, 1.807) is 12.1 Å². The van der Waals surface area contributed by atoms with Crippen LogP contribution in [0.2, 0.25) is 0 Å². The molecule has 0 aromatic heterocycles. The fourth-order valence-corrected chi connectivity index (χ4v) is 0.967. The molecule has 0 saturated carbocycles. The van der Waals surface area contributed by atoms with E-state index in [2.05, 4.69) is 12.2 Å². The van der Waals surface area contributed by atoms with E-state index in [9.17, 15) is 4.79 Å². The van der Waals surface area contributed by atoms with Crippen LogP contribution < -0.4 is 5.32 Å². The van der Waals surface area contributed by atoms with Crippen LogP contribution in [0.25, 0.3) is 0 Å². The van der Waals surface area contributed by atoms with Crippen molar-refractivity contribution in [1.82, 2.24) is 5.32 Å². The Kier molecular flexibility index (Phi) is 9.32. The monoisotopic (exact) mass is 223 g/mol. The molecule has 0 bridgehead atoms. The van der Waals surface area contributed by atoms with Crippen molar-refractivity contribution in [1.29, 1.82) is 0 Å². The number of hydrogen-bond donors (Lipinski definition) is 1. The Hall–Kier alpha value is -1.35. The van der Waals surface area contributed by atoms with Gasteiger partial charge in [-0.1, -0.05) is 31.5 Å². The summed E-state index contributed by atoms with van der Waals surface area (Å²) in [5.74, 6) is -0.228. The molecular weight excluding hydrogens is 202 g/mol. The maximum atomic E-state index is 11.3. The van der Waals surface area contributed by atoms with Crippen molar-refractivity contribution in [2.75, 3.05) is 20.7 Å². The van der Waals surface area contributed by atoms with Gasteiger partial charge in [0.2, 0.25) is 0 Å². The van der Waals surface area contributed by atoms with Gasteiger partial charge >= 0.3 is 5.97 Å². The Bertz CT molecular complexity index is 273. The second kappa shape index (κ2) is 10.2. The molecule has 1 rings (SSSR count). The summed E-state index contributed by atoms with van der Waals surface area (Å²) in [5.41, 5.74) is 0.624. The number of rotatable bonds is 4. The van der Waals surface area contributed by atoms with E-state index in [0.717, 1.165) is 12.8 Å². The number of benzene rings is 1. The van der Waals surface area contributed by atoms with Crippen LogP contribution >= 0.6 is 0 Å². The van der Waals surface area contributed by atoms with Gasteiger partial charge in [-0.3, -0.25) is 0 Å². The highest BCUT2D eigenvalue weighted by Crippen LogP contribution is 2.01. The Morgan fingerprint density at radius 1 is 1.25 bits per heavy atom. The maximum absolute atomic E-state index is 11.3. The van der Waals surface area contributed by atoms with Crippen molar-refractivity contribution in [3.63, 3.8) is 0 Å². The molecule has 3 nitrogen and oxygen atoms in total. The molecule has 0 saturated heterocycles. The zero-order valence-corrected chi connectivity index (χ0v) is 10.3. The molecule has 0 amide bonds. The van der Waals surface area contributed by atoms with E-state index in [1.165, 1.54) is 0 Å². The molecule has 90 valence electrons. The van der Waals surface area contributed by atoms with Crippen LogP contribution in [0.15, 0.2) is 30.3 Å². The summed E-state index contributed by atoms with van der Waals surface area (Å²) >= 11 is 0. The van der Waals surface area contributed by atoms with Gasteiger partial charge in [0.05, 0.1) is 12.2 Å². The minimum absolute atomic E-state index is 0.228. The molecule has 3 heteroatoms. The SMILES string of the molecule is CCCCOC(=O)c1ccccc1.CNC. The molecule has 0 spiro atoms. The van der Waals surface area contributed by atoms with Crippen LogP contribution in [0.3, 0.4) is 0 Å². The van der Waals surface area contributed by atoms with Crippen LogP contribution in [-0.2, 0) is 4.74 Å². The van der Waals surface area contributed by atoms with Crippen molar-refractivity contribution >= 4 is 5.97 Å². The quantitative estimate of drug-likeness (QED) is 0.629. The van der Waals surface area contributed by atoms with Crippen LogP contribution in [0, 0.1) is 0 Å². The highest BCUT2D eigenvalue weighted by Gasteiger charge is 2.03. The van der Waals surface area contributed by atoms with Gasteiger partial charge in [-0.15, -0.1) is 0 Å². The van der Waals surface area contributed by atoms with E-state index in [0.29, 0.717) is 12.2 Å². The third-order valence-corrected chi connectivity index (χ3v) is 1.74. The van der Waals surface area contributed by atoms with E-state index < -0.39 is 0 Å². The van der Waals surface area contributed by atoms with Gasteiger partial charge in [0.15, 0.2) is 0 Å². The second-order valence-electron chi connectivity index (χ2n) is 3.36. The lowest BCUT2D eigenvalue weighted by Crippen LogP contribution is -2.05. The molecule has 0 heterocycles. The van der Waals surface area contributed by atoms with Crippen molar-refractivity contribution in [3.8, 4) is 0 Å². The summed E-state index contributed by atoms with van der Waals surface area (Å²) in [7, 11) is 3.75. The van der Waals surface area contributed by atoms with Gasteiger partial charge in [-0.2, -0.15) is 0 Å². The predicted octanol–water partition coefficient (Wildman–Crippen LogP) is 2.48. The first-order valence-corrected chi connectivity index (χ1v) is 5.56. The molecule has 0 fully saturated rings. The number of nitrogens with one attached hydrogen (secondary N) is 1. The number of unbranched alkanes of at least 4 members (excludes halogenated alkanes) is 1. The first-order chi connectivity index (χ1) is 7.76. The van der Waals surface area contributed by atoms with Crippen molar-refractivity contribution < 1.29 is 9.53 Å². The summed E-state index contributed by atoms with van der Waals surface area (Å²) in [5, 5.41) is 2.75. The molecule has 16 heavy (non-hydrogen) atoms. The zero-order valence-electron chi connectivity index (χ0n) is 10.3. The van der Waals surface area contributed by atoms with Crippen LogP contribution in [0.5, 0.6) is 0 Å². The lowest BCUT2D eigenvalue weighted by Gasteiger charge is -2.02. The third kappa shape index (κ3) is 7.01. The standard InChI is InChI=1S/C11H14O2.C2H7N/c1-2-3-9-13-11(12)10-7-5-4-6-8-10;1-3-2/h4-8H,2-3,9H2,1H3;3H,1-2H3. The van der Waals surface area contributed by atoms with Crippen molar-refractivity contribution in [2.24, 2.45) is 0 Å². The largest absolute Gasteiger partial charge is 0.462 e. The molecule has 0 aliphatic rings. The predicted molar refractivity (Wildman–Crippen MR) is 66.6 cm³/mol. The van der Waals surface area contributed by atoms with E-state index in [1.807, 2.05) is 32.3 Å². The van der Waals surface area contributed by atoms with Crippen LogP contribution in [0.1, 0.15) is 30.1 Å². The highest BCUT2D eigenvalue weighted by molar-refractivity contribution is 5.89. The molecule has 1 aromatic rings. The van der Waals surface area contributed by atoms with Gasteiger partial charge in [-0.25, -0.2) is 4.79 Å². The topological polar surface area (TPSA) is 38.3 Å². The van der Waals surface area contributed by atoms with E-state index in [-0.39, 0.29) is 5.97 Å². The minimum atomic E-state index is -0.228. The smallest absolute Gasteiger partial charge is 0.338 e. The van der Waals surface area contributed by atoms with Gasteiger partial charge in [0.25, 0.3) is 0 Å². The summed E-state index contributed by atoms with van der Waals surface area (Å²) < 4.78 is 5.03. The van der Waals surface area contributed by atoms with E-state index in [4.69, 9.17) is 4.74 Å². The van der Waals surface area contributed by atoms with Crippen molar-refractivity contribution in [2.45, 2.75) is 19.8 Å². The Morgan fingerprint density at radius 3 is 2.31 bits per heavy atom. The van der Waals surface area contributed by atoms with Gasteiger partial charge in [0.1, 0.15) is 0 Å². The molecule has 0 radical (unpaired) electrons. The molecule has 1 N–H and O–H groups in total. The highest BCUT2D eigenvalue weighted by atomic mass is 16.5. The fourth-order valence-electron chi connectivity index (χ4n) is 0.967. The van der Waals surface area contributed by atoms with E-state index >= 15 is 0 Å². The summed E-state index contributed by atoms with van der Waals surface area (Å²) in [6.07, 6.45) is 1.97. The molecule has 1 aromatic carbocycles. The Morgan fingerprint density at radius 2 is 1.81 bits per heavy atom. The molecule has 0 aliphatic heterocycles. The van der Waals surface area contributed by atoms with Crippen LogP contribution in [-0.4, -0.2) is 26.7 Å². The van der Waals surface area contributed by atoms with Gasteiger partial charge in [0, 0.05) is 0 Å². The molecule has 0 atom stereocenters. The second-order valence-corrected chi connectivity index (χ2v) is 3.36. The number of esters is 1. The third-order valence-electron chi connectivity index (χ3n) is 1.74. The maximum Gasteiger partial charge on any atom is 0.338 e. The summed E-state index contributed by atoms with van der Waals surface area (Å²) in [6.45, 7) is 2.58. The lowest BCUT2D eigenvalue weighted by atomic mass is 10.2. The first kappa shape index (κ1) is 14.6. The Labute approximate surface area is 97.8 Å². The minimum Gasteiger partial charge on any atom is -0.462 e. The van der Waals surface area contributed by atoms with Crippen LogP contribution in [0.4, 0.5) is 0 Å². The Balaban J connectivity index is 0.000000673. The molecule has 0 aliphatic carbocycles. The number of carbonyl (C=O) groups is 1. The average Bonchev–Trinajstić information content (AvgIpc) is 2.31. The zero-order chi connectivity index (χ0) is 12.2. The fraction of sp³-hybridized carbons (Fsp3) is 0.462. The number of ether oxygens (including phenoxy) is 1. The molecular formula is C13H21NO2. The summed E-state index contributed by atoms with van der Waals surface area (Å²) in [6, 6.07) is 9.05. The van der Waals surface area contributed by atoms with Gasteiger partial charge < -0.3 is 10.1 Å². The number of carbonyl (C=O) groups excluding carboxylic acids is 1. The normalized spacial score (nSPS) is 8.94. The average molecular weight is 223 g/mol. The first-order valence-electron chi connectivity index (χ1n) is 5.56. The summed E-state index contributed by atoms with van der Waals surface area (Å²) in [4.78, 5) is 11.3. The van der Waals surface area contributed by atoms with Crippen molar-refractivity contribution in [3.05, 3.63) is 35.9 Å². The molecule has 0 unspecified atom stereocenters. The van der Waals surface area contributed by atoms with Gasteiger partial charge in [-0.05, 0) is 32.6 Å². The number of hydrogen-bond acceptors (Lipinski definition) is 3. The lowest BCUT2D eigenvalue weighted by molar-refractivity contribution is 0.0500.